The van der Waals surface area contributed by atoms with Gasteiger partial charge in [0.1, 0.15) is 5.82 Å². The van der Waals surface area contributed by atoms with E-state index in [0.717, 1.165) is 36.8 Å². The molecule has 2 unspecified atom stereocenters. The van der Waals surface area contributed by atoms with E-state index >= 15 is 0 Å². The first-order chi connectivity index (χ1) is 12.4. The summed E-state index contributed by atoms with van der Waals surface area (Å²) in [6.07, 6.45) is 4.62. The second-order valence-electron chi connectivity index (χ2n) is 9.72. The molecule has 6 nitrogen and oxygen atoms in total. The van der Waals surface area contributed by atoms with Crippen LogP contribution in [0.3, 0.4) is 0 Å². The molecule has 2 atom stereocenters. The van der Waals surface area contributed by atoms with Crippen molar-refractivity contribution in [1.29, 1.82) is 0 Å². The highest BCUT2D eigenvalue weighted by Gasteiger charge is 2.52. The molecule has 1 aromatic heterocycles. The number of hydrogen-bond acceptors (Lipinski definition) is 6. The molecule has 0 aliphatic carbocycles. The van der Waals surface area contributed by atoms with Crippen molar-refractivity contribution in [2.45, 2.75) is 89.6 Å². The third-order valence-corrected chi connectivity index (χ3v) is 6.19. The summed E-state index contributed by atoms with van der Waals surface area (Å²) in [6, 6.07) is 2.39. The molecule has 2 aliphatic heterocycles. The zero-order valence-corrected chi connectivity index (χ0v) is 17.5. The lowest BCUT2D eigenvalue weighted by atomic mass is 9.76. The Morgan fingerprint density at radius 3 is 2.52 bits per heavy atom. The van der Waals surface area contributed by atoms with Crippen LogP contribution in [-0.4, -0.2) is 46.6 Å². The summed E-state index contributed by atoms with van der Waals surface area (Å²) in [6.45, 7) is 12.8. The number of aromatic nitrogens is 1. The number of aliphatic hydroxyl groups is 1. The quantitative estimate of drug-likeness (QED) is 0.697. The number of nitrogens with zero attached hydrogens (tertiary/aromatic N) is 1. The van der Waals surface area contributed by atoms with Crippen molar-refractivity contribution in [3.8, 4) is 0 Å². The summed E-state index contributed by atoms with van der Waals surface area (Å²) in [5.74, 6) is 0.840. The topological polar surface area (TPSA) is 89.6 Å². The van der Waals surface area contributed by atoms with Crippen LogP contribution in [0, 0.1) is 0 Å². The molecular weight excluding hydrogens is 341 g/mol. The molecule has 0 spiro atoms. The van der Waals surface area contributed by atoms with Gasteiger partial charge in [-0.1, -0.05) is 6.07 Å². The van der Waals surface area contributed by atoms with Gasteiger partial charge >= 0.3 is 7.12 Å². The van der Waals surface area contributed by atoms with Gasteiger partial charge in [0.25, 0.3) is 0 Å². The summed E-state index contributed by atoms with van der Waals surface area (Å²) >= 11 is 0. The van der Waals surface area contributed by atoms with Gasteiger partial charge in [0.05, 0.1) is 16.8 Å². The first-order valence-corrected chi connectivity index (χ1v) is 9.95. The number of hydrogen-bond donors (Lipinski definition) is 3. The van der Waals surface area contributed by atoms with Gasteiger partial charge in [-0.05, 0) is 78.8 Å². The number of rotatable bonds is 4. The van der Waals surface area contributed by atoms with E-state index in [-0.39, 0.29) is 0 Å². The molecule has 3 rings (SSSR count). The Balaban J connectivity index is 1.80. The fourth-order valence-electron chi connectivity index (χ4n) is 3.96. The van der Waals surface area contributed by atoms with Crippen molar-refractivity contribution in [3.63, 3.8) is 0 Å². The van der Waals surface area contributed by atoms with Crippen LogP contribution >= 0.6 is 0 Å². The molecule has 27 heavy (non-hydrogen) atoms. The summed E-state index contributed by atoms with van der Waals surface area (Å²) < 4.78 is 12.3. The maximum Gasteiger partial charge on any atom is 0.498 e. The molecule has 150 valence electrons. The Kier molecular flexibility index (Phi) is 5.36. The van der Waals surface area contributed by atoms with Crippen LogP contribution in [0.1, 0.15) is 72.3 Å². The number of pyridine rings is 1. The molecule has 4 N–H and O–H groups in total. The second-order valence-corrected chi connectivity index (χ2v) is 9.72. The van der Waals surface area contributed by atoms with Gasteiger partial charge in [0, 0.05) is 17.7 Å². The lowest BCUT2D eigenvalue weighted by molar-refractivity contribution is 0.00578. The minimum Gasteiger partial charge on any atom is -0.399 e. The highest BCUT2D eigenvalue weighted by Crippen LogP contribution is 2.37. The van der Waals surface area contributed by atoms with E-state index in [9.17, 15) is 5.11 Å². The number of nitrogens with two attached hydrogens (primary N) is 1. The lowest BCUT2D eigenvalue weighted by Gasteiger charge is -2.34. The smallest absolute Gasteiger partial charge is 0.399 e. The number of anilines is 1. The number of nitrogen functional groups attached to an aromatic ring is 1. The molecular formula is C20H34BN3O3. The second kappa shape index (κ2) is 7.03. The Morgan fingerprint density at radius 1 is 1.30 bits per heavy atom. The minimum atomic E-state index is -0.674. The maximum absolute atomic E-state index is 10.1. The molecule has 2 fully saturated rings. The Morgan fingerprint density at radius 2 is 1.93 bits per heavy atom. The highest BCUT2D eigenvalue weighted by molar-refractivity contribution is 6.63. The molecule has 2 aliphatic rings. The first kappa shape index (κ1) is 20.6. The highest BCUT2D eigenvalue weighted by atomic mass is 16.7. The summed E-state index contributed by atoms with van der Waals surface area (Å²) in [5.41, 5.74) is 6.65. The van der Waals surface area contributed by atoms with Crippen LogP contribution in [-0.2, 0) is 9.31 Å². The molecule has 0 radical (unpaired) electrons. The van der Waals surface area contributed by atoms with E-state index in [0.29, 0.717) is 17.8 Å². The van der Waals surface area contributed by atoms with Crippen LogP contribution in [0.5, 0.6) is 0 Å². The summed E-state index contributed by atoms with van der Waals surface area (Å²) in [7, 11) is -0.503. The van der Waals surface area contributed by atoms with Crippen molar-refractivity contribution in [3.05, 3.63) is 17.8 Å². The average Bonchev–Trinajstić information content (AvgIpc) is 2.74. The number of piperidine rings is 1. The number of nitrogens with one attached hydrogen (secondary N) is 1. The van der Waals surface area contributed by atoms with E-state index in [4.69, 9.17) is 15.0 Å². The third kappa shape index (κ3) is 4.48. The maximum atomic E-state index is 10.1. The lowest BCUT2D eigenvalue weighted by Crippen LogP contribution is -2.42. The van der Waals surface area contributed by atoms with Crippen molar-refractivity contribution in [2.75, 3.05) is 12.3 Å². The van der Waals surface area contributed by atoms with E-state index in [1.54, 1.807) is 0 Å². The minimum absolute atomic E-state index is 0.293. The fraction of sp³-hybridized carbons (Fsp3) is 0.750. The standard InChI is InChI=1S/C20H34BN3O3/c1-18(2,25)11-15-9-13(7-8-23-15)14-10-16(17(22)24-12-14)21-26-19(3,4)20(5,6)27-21/h10,12-13,15,23,25H,7-9,11H2,1-6H3,(H2,22,24). The zero-order chi connectivity index (χ0) is 20.0. The van der Waals surface area contributed by atoms with Gasteiger partial charge in [-0.3, -0.25) is 0 Å². The van der Waals surface area contributed by atoms with E-state index < -0.39 is 23.9 Å². The third-order valence-electron chi connectivity index (χ3n) is 6.19. The SMILES string of the molecule is CC(C)(O)CC1CC(c2cnc(N)c(B3OC(C)(C)C(C)(C)O3)c2)CCN1. The van der Waals surface area contributed by atoms with Crippen LogP contribution in [0.15, 0.2) is 12.3 Å². The van der Waals surface area contributed by atoms with Crippen molar-refractivity contribution in [1.82, 2.24) is 10.3 Å². The molecule has 0 bridgehead atoms. The van der Waals surface area contributed by atoms with Crippen LogP contribution in [0.2, 0.25) is 0 Å². The molecule has 0 amide bonds. The molecule has 0 saturated carbocycles. The molecule has 7 heteroatoms. The van der Waals surface area contributed by atoms with Gasteiger partial charge < -0.3 is 25.5 Å². The van der Waals surface area contributed by atoms with E-state index in [1.807, 2.05) is 47.7 Å². The monoisotopic (exact) mass is 375 g/mol. The van der Waals surface area contributed by atoms with E-state index in [1.165, 1.54) is 0 Å². The van der Waals surface area contributed by atoms with Crippen LogP contribution in [0.25, 0.3) is 0 Å². The van der Waals surface area contributed by atoms with Gasteiger partial charge in [-0.15, -0.1) is 0 Å². The van der Waals surface area contributed by atoms with Gasteiger partial charge in [0.15, 0.2) is 0 Å². The average molecular weight is 375 g/mol. The van der Waals surface area contributed by atoms with Gasteiger partial charge in [0.2, 0.25) is 0 Å². The van der Waals surface area contributed by atoms with Crippen LogP contribution < -0.4 is 16.5 Å². The largest absolute Gasteiger partial charge is 0.498 e. The van der Waals surface area contributed by atoms with E-state index in [2.05, 4.69) is 16.4 Å². The molecule has 2 saturated heterocycles. The summed E-state index contributed by atoms with van der Waals surface area (Å²) in [5, 5.41) is 13.7. The van der Waals surface area contributed by atoms with Crippen molar-refractivity contribution >= 4 is 18.4 Å². The Hall–Kier alpha value is -1.15. The Labute approximate surface area is 163 Å². The van der Waals surface area contributed by atoms with Crippen LogP contribution in [0.4, 0.5) is 5.82 Å². The fourth-order valence-corrected chi connectivity index (χ4v) is 3.96. The first-order valence-electron chi connectivity index (χ1n) is 9.95. The van der Waals surface area contributed by atoms with Gasteiger partial charge in [-0.25, -0.2) is 4.98 Å². The Bertz CT molecular complexity index is 672. The zero-order valence-electron chi connectivity index (χ0n) is 17.5. The molecule has 1 aromatic rings. The normalized spacial score (nSPS) is 27.7. The van der Waals surface area contributed by atoms with Crippen molar-refractivity contribution in [2.24, 2.45) is 0 Å². The van der Waals surface area contributed by atoms with Gasteiger partial charge in [-0.2, -0.15) is 0 Å². The van der Waals surface area contributed by atoms with Crippen molar-refractivity contribution < 1.29 is 14.4 Å². The summed E-state index contributed by atoms with van der Waals surface area (Å²) in [4.78, 5) is 4.44. The predicted molar refractivity (Wildman–Crippen MR) is 109 cm³/mol. The molecule has 3 heterocycles. The predicted octanol–water partition coefficient (Wildman–Crippen LogP) is 1.96. The molecule has 0 aromatic carbocycles.